The average molecular weight is 313 g/mol. The van der Waals surface area contributed by atoms with Gasteiger partial charge in [0.05, 0.1) is 10.6 Å². The minimum absolute atomic E-state index is 0.278. The lowest BCUT2D eigenvalue weighted by Gasteiger charge is -2.10. The molecule has 8 heteroatoms. The number of carbonyl (C=O) groups excluding carboxylic acids is 1. The van der Waals surface area contributed by atoms with E-state index < -0.39 is 45.8 Å². The minimum atomic E-state index is -0.974. The van der Waals surface area contributed by atoms with Gasteiger partial charge in [-0.05, 0) is 18.2 Å². The van der Waals surface area contributed by atoms with Crippen LogP contribution in [0.1, 0.15) is 15.9 Å². The molecule has 6 N–H and O–H groups in total. The fourth-order valence-electron chi connectivity index (χ4n) is 1.68. The van der Waals surface area contributed by atoms with Gasteiger partial charge >= 0.3 is 0 Å². The van der Waals surface area contributed by atoms with E-state index in [1.54, 1.807) is 0 Å². The number of carbonyl (C=O) groups is 1. The molecular weight excluding hydrogens is 304 g/mol. The first-order valence-electron chi connectivity index (χ1n) is 5.47. The summed E-state index contributed by atoms with van der Waals surface area (Å²) in [5.41, 5.74) is -0.737. The van der Waals surface area contributed by atoms with Crippen LogP contribution in [0.25, 0.3) is 0 Å². The first-order valence-corrected chi connectivity index (χ1v) is 5.84. The Morgan fingerprint density at radius 1 is 0.762 bits per heavy atom. The summed E-state index contributed by atoms with van der Waals surface area (Å²) < 4.78 is 0. The van der Waals surface area contributed by atoms with Gasteiger partial charge in [0.2, 0.25) is 5.75 Å². The molecule has 2 aromatic carbocycles. The van der Waals surface area contributed by atoms with Gasteiger partial charge in [0.1, 0.15) is 0 Å². The summed E-state index contributed by atoms with van der Waals surface area (Å²) in [6, 6.07) is 2.62. The van der Waals surface area contributed by atoms with Crippen LogP contribution >= 0.6 is 11.6 Å². The highest BCUT2D eigenvalue weighted by Crippen LogP contribution is 2.44. The fraction of sp³-hybridized carbons (Fsp3) is 0. The first-order chi connectivity index (χ1) is 9.73. The second-order valence-electron chi connectivity index (χ2n) is 4.14. The third-order valence-corrected chi connectivity index (χ3v) is 3.07. The topological polar surface area (TPSA) is 138 Å². The third-order valence-electron chi connectivity index (χ3n) is 2.78. The zero-order valence-electron chi connectivity index (χ0n) is 10.2. The number of benzene rings is 2. The molecule has 0 saturated carbocycles. The van der Waals surface area contributed by atoms with Crippen molar-refractivity contribution >= 4 is 17.4 Å². The Bertz CT molecular complexity index is 732. The van der Waals surface area contributed by atoms with Crippen LogP contribution in [0.2, 0.25) is 5.02 Å². The van der Waals surface area contributed by atoms with Gasteiger partial charge < -0.3 is 30.6 Å². The lowest BCUT2D eigenvalue weighted by Crippen LogP contribution is -2.02. The predicted octanol–water partition coefficient (Wildman–Crippen LogP) is 1.80. The molecule has 2 aromatic rings. The Kier molecular flexibility index (Phi) is 3.44. The molecule has 0 heterocycles. The SMILES string of the molecule is O=C(c1cc(O)c(O)c(O)c1)c1cc(Cl)c(O)c(O)c1O. The molecule has 0 aliphatic rings. The summed E-state index contributed by atoms with van der Waals surface area (Å²) in [4.78, 5) is 12.2. The molecule has 110 valence electrons. The number of halogens is 1. The quantitative estimate of drug-likeness (QED) is 0.367. The van der Waals surface area contributed by atoms with Gasteiger partial charge in [-0.2, -0.15) is 0 Å². The summed E-state index contributed by atoms with van der Waals surface area (Å²) in [6.07, 6.45) is 0. The second-order valence-corrected chi connectivity index (χ2v) is 4.55. The van der Waals surface area contributed by atoms with Gasteiger partial charge in [-0.25, -0.2) is 0 Å². The van der Waals surface area contributed by atoms with Crippen LogP contribution in [-0.2, 0) is 0 Å². The van der Waals surface area contributed by atoms with E-state index in [4.69, 9.17) is 11.6 Å². The van der Waals surface area contributed by atoms with Gasteiger partial charge in [-0.3, -0.25) is 4.79 Å². The summed E-state index contributed by atoms with van der Waals surface area (Å²) in [7, 11) is 0. The van der Waals surface area contributed by atoms with Crippen LogP contribution in [0.4, 0.5) is 0 Å². The molecule has 0 fully saturated rings. The highest BCUT2D eigenvalue weighted by atomic mass is 35.5. The number of phenolic OH excluding ortho intramolecular Hbond substituents is 6. The van der Waals surface area contributed by atoms with Gasteiger partial charge in [0.25, 0.3) is 0 Å². The molecule has 0 spiro atoms. The first kappa shape index (κ1) is 14.6. The zero-order valence-corrected chi connectivity index (χ0v) is 11.0. The van der Waals surface area contributed by atoms with Gasteiger partial charge in [0.15, 0.2) is 34.5 Å². The lowest BCUT2D eigenvalue weighted by molar-refractivity contribution is 0.103. The Balaban J connectivity index is 2.61. The van der Waals surface area contributed by atoms with Gasteiger partial charge in [-0.15, -0.1) is 0 Å². The molecule has 0 aromatic heterocycles. The molecular formula is C13H9ClO7. The van der Waals surface area contributed by atoms with Crippen molar-refractivity contribution in [2.75, 3.05) is 0 Å². The number of hydrogen-bond donors (Lipinski definition) is 6. The second kappa shape index (κ2) is 4.95. The third kappa shape index (κ3) is 2.34. The molecule has 0 unspecified atom stereocenters. The molecule has 21 heavy (non-hydrogen) atoms. The molecule has 2 rings (SSSR count). The highest BCUT2D eigenvalue weighted by molar-refractivity contribution is 6.33. The van der Waals surface area contributed by atoms with Crippen molar-refractivity contribution in [3.63, 3.8) is 0 Å². The van der Waals surface area contributed by atoms with Crippen molar-refractivity contribution in [1.29, 1.82) is 0 Å². The standard InChI is InChI=1S/C13H9ClO7/c14-6-3-5(10(18)13(21)11(6)19)9(17)4-1-7(15)12(20)8(16)2-4/h1-3,15-16,18-21H. The highest BCUT2D eigenvalue weighted by Gasteiger charge is 2.23. The van der Waals surface area contributed by atoms with E-state index in [1.165, 1.54) is 0 Å². The molecule has 0 aliphatic heterocycles. The van der Waals surface area contributed by atoms with E-state index in [0.29, 0.717) is 0 Å². The van der Waals surface area contributed by atoms with Crippen molar-refractivity contribution in [3.8, 4) is 34.5 Å². The van der Waals surface area contributed by atoms with E-state index in [-0.39, 0.29) is 10.6 Å². The van der Waals surface area contributed by atoms with Crippen LogP contribution in [-0.4, -0.2) is 36.4 Å². The van der Waals surface area contributed by atoms with Crippen molar-refractivity contribution in [2.45, 2.75) is 0 Å². The average Bonchev–Trinajstić information content (AvgIpc) is 2.45. The summed E-state index contributed by atoms with van der Waals surface area (Å²) in [5, 5.41) is 56.0. The number of rotatable bonds is 2. The molecule has 0 bridgehead atoms. The largest absolute Gasteiger partial charge is 0.504 e. The lowest BCUT2D eigenvalue weighted by atomic mass is 10.0. The maximum Gasteiger partial charge on any atom is 0.202 e. The number of ketones is 1. The maximum absolute atomic E-state index is 12.2. The molecule has 0 aliphatic carbocycles. The number of phenols is 6. The number of hydrogen-bond acceptors (Lipinski definition) is 7. The van der Waals surface area contributed by atoms with Crippen molar-refractivity contribution in [2.24, 2.45) is 0 Å². The monoisotopic (exact) mass is 312 g/mol. The number of aromatic hydroxyl groups is 6. The van der Waals surface area contributed by atoms with Gasteiger partial charge in [0, 0.05) is 5.56 Å². The van der Waals surface area contributed by atoms with E-state index >= 15 is 0 Å². The van der Waals surface area contributed by atoms with E-state index in [2.05, 4.69) is 0 Å². The predicted molar refractivity (Wildman–Crippen MR) is 71.3 cm³/mol. The van der Waals surface area contributed by atoms with Crippen LogP contribution in [0.5, 0.6) is 34.5 Å². The van der Waals surface area contributed by atoms with Crippen LogP contribution in [0.15, 0.2) is 18.2 Å². The maximum atomic E-state index is 12.2. The molecule has 0 radical (unpaired) electrons. The van der Waals surface area contributed by atoms with Crippen LogP contribution < -0.4 is 0 Å². The molecule has 0 saturated heterocycles. The minimum Gasteiger partial charge on any atom is -0.504 e. The fourth-order valence-corrected chi connectivity index (χ4v) is 1.88. The Morgan fingerprint density at radius 3 is 1.81 bits per heavy atom. The Hall–Kier alpha value is -2.80. The van der Waals surface area contributed by atoms with Crippen molar-refractivity contribution in [3.05, 3.63) is 34.3 Å². The summed E-state index contributed by atoms with van der Waals surface area (Å²) >= 11 is 5.60. The van der Waals surface area contributed by atoms with E-state index in [1.807, 2.05) is 0 Å². The zero-order chi connectivity index (χ0) is 15.9. The van der Waals surface area contributed by atoms with E-state index in [0.717, 1.165) is 18.2 Å². The van der Waals surface area contributed by atoms with Crippen molar-refractivity contribution < 1.29 is 35.4 Å². The smallest absolute Gasteiger partial charge is 0.202 e. The van der Waals surface area contributed by atoms with Crippen LogP contribution in [0, 0.1) is 0 Å². The molecule has 0 amide bonds. The Labute approximate surface area is 122 Å². The molecule has 0 atom stereocenters. The van der Waals surface area contributed by atoms with Gasteiger partial charge in [-0.1, -0.05) is 11.6 Å². The molecule has 7 nitrogen and oxygen atoms in total. The summed E-state index contributed by atoms with van der Waals surface area (Å²) in [5.74, 6) is -5.87. The normalized spacial score (nSPS) is 10.5. The van der Waals surface area contributed by atoms with Crippen molar-refractivity contribution in [1.82, 2.24) is 0 Å². The van der Waals surface area contributed by atoms with Crippen LogP contribution in [0.3, 0.4) is 0 Å². The summed E-state index contributed by atoms with van der Waals surface area (Å²) in [6.45, 7) is 0. The van der Waals surface area contributed by atoms with E-state index in [9.17, 15) is 35.4 Å². The Morgan fingerprint density at radius 2 is 1.29 bits per heavy atom.